The van der Waals surface area contributed by atoms with E-state index in [2.05, 4.69) is 17.1 Å². The molecule has 1 aliphatic heterocycles. The number of methoxy groups -OCH3 is 1. The van der Waals surface area contributed by atoms with Crippen LogP contribution in [0.3, 0.4) is 0 Å². The summed E-state index contributed by atoms with van der Waals surface area (Å²) in [5.74, 6) is 1.02. The van der Waals surface area contributed by atoms with Crippen LogP contribution >= 0.6 is 0 Å². The van der Waals surface area contributed by atoms with Crippen LogP contribution in [-0.4, -0.2) is 58.1 Å². The van der Waals surface area contributed by atoms with Crippen molar-refractivity contribution in [2.24, 2.45) is 0 Å². The molecule has 1 aliphatic rings. The number of β-amino-alcohol motifs (C(OH)–C–C–N with tert-alkyl or cyclic N) is 1. The molecule has 2 heterocycles. The van der Waals surface area contributed by atoms with Gasteiger partial charge in [-0.3, -0.25) is 9.89 Å². The van der Waals surface area contributed by atoms with Gasteiger partial charge in [-0.1, -0.05) is 31.5 Å². The maximum Gasteiger partial charge on any atom is 0.273 e. The number of hydrogen-bond donors (Lipinski definition) is 3. The van der Waals surface area contributed by atoms with E-state index in [0.29, 0.717) is 40.6 Å². The Morgan fingerprint density at radius 2 is 2.00 bits per heavy atom. The van der Waals surface area contributed by atoms with Crippen LogP contribution in [0.25, 0.3) is 11.3 Å². The number of benzene rings is 2. The number of ether oxygens (including phenoxy) is 2. The summed E-state index contributed by atoms with van der Waals surface area (Å²) >= 11 is 0. The van der Waals surface area contributed by atoms with Gasteiger partial charge >= 0.3 is 0 Å². The molecule has 0 unspecified atom stereocenters. The van der Waals surface area contributed by atoms with Gasteiger partial charge in [-0.05, 0) is 36.2 Å². The third kappa shape index (κ3) is 3.78. The minimum Gasteiger partial charge on any atom is -0.507 e. The normalized spacial score (nSPS) is 15.2. The maximum atomic E-state index is 13.1. The first kappa shape index (κ1) is 21.7. The Bertz CT molecular complexity index is 1110. The maximum absolute atomic E-state index is 13.1. The van der Waals surface area contributed by atoms with Crippen molar-refractivity contribution in [1.29, 1.82) is 0 Å². The number of amides is 1. The number of aliphatic hydroxyl groups excluding tert-OH is 1. The van der Waals surface area contributed by atoms with Gasteiger partial charge in [0.1, 0.15) is 17.1 Å². The molecular formula is C24H27N3O5. The highest BCUT2D eigenvalue weighted by Crippen LogP contribution is 2.45. The van der Waals surface area contributed by atoms with Gasteiger partial charge in [-0.15, -0.1) is 0 Å². The van der Waals surface area contributed by atoms with Crippen molar-refractivity contribution in [3.8, 4) is 28.5 Å². The zero-order valence-corrected chi connectivity index (χ0v) is 18.2. The molecule has 1 aromatic heterocycles. The number of aliphatic hydroxyl groups is 1. The number of aromatic nitrogens is 2. The largest absolute Gasteiger partial charge is 0.507 e. The number of nitrogens with one attached hydrogen (secondary N) is 1. The van der Waals surface area contributed by atoms with Crippen molar-refractivity contribution in [3.05, 3.63) is 59.3 Å². The smallest absolute Gasteiger partial charge is 0.273 e. The molecular weight excluding hydrogens is 410 g/mol. The third-order valence-electron chi connectivity index (χ3n) is 5.62. The molecule has 8 heteroatoms. The van der Waals surface area contributed by atoms with E-state index < -0.39 is 6.04 Å². The number of H-pyrrole nitrogens is 1. The number of nitrogens with zero attached hydrogens (tertiary/aromatic N) is 2. The summed E-state index contributed by atoms with van der Waals surface area (Å²) in [5.41, 5.74) is 2.83. The number of para-hydroxylation sites is 1. The van der Waals surface area contributed by atoms with E-state index in [1.54, 1.807) is 36.3 Å². The molecule has 0 bridgehead atoms. The van der Waals surface area contributed by atoms with Crippen LogP contribution in [-0.2, 0) is 0 Å². The summed E-state index contributed by atoms with van der Waals surface area (Å²) in [4.78, 5) is 14.7. The molecule has 0 spiro atoms. The molecule has 4 rings (SSSR count). The number of rotatable bonds is 9. The standard InChI is InChI=1S/C24H27N3O5/c1-3-4-13-32-18-10-9-15(14-19(18)31-2)23-20-21(16-7-5-6-8-17(16)29)25-26-22(20)24(30)27(23)11-12-28/h5-10,14,23,28-29H,3-4,11-13H2,1-2H3,(H,25,26)/t23-/m1/s1. The second-order valence-corrected chi connectivity index (χ2v) is 7.62. The van der Waals surface area contributed by atoms with Crippen molar-refractivity contribution in [1.82, 2.24) is 15.1 Å². The quantitative estimate of drug-likeness (QED) is 0.442. The Hall–Kier alpha value is -3.52. The molecule has 0 saturated heterocycles. The van der Waals surface area contributed by atoms with Crippen LogP contribution in [0, 0.1) is 0 Å². The lowest BCUT2D eigenvalue weighted by Gasteiger charge is -2.26. The Balaban J connectivity index is 1.81. The van der Waals surface area contributed by atoms with Crippen LogP contribution in [0.2, 0.25) is 0 Å². The van der Waals surface area contributed by atoms with Gasteiger partial charge in [0.2, 0.25) is 0 Å². The van der Waals surface area contributed by atoms with E-state index in [-0.39, 0.29) is 24.8 Å². The number of aromatic amines is 1. The lowest BCUT2D eigenvalue weighted by molar-refractivity contribution is 0.0706. The van der Waals surface area contributed by atoms with E-state index in [1.807, 2.05) is 18.2 Å². The van der Waals surface area contributed by atoms with Crippen LogP contribution in [0.1, 0.15) is 47.4 Å². The Morgan fingerprint density at radius 1 is 1.19 bits per heavy atom. The number of phenolic OH excluding ortho intramolecular Hbond substituents is 1. The second-order valence-electron chi connectivity index (χ2n) is 7.62. The van der Waals surface area contributed by atoms with Gasteiger partial charge < -0.3 is 24.6 Å². The summed E-state index contributed by atoms with van der Waals surface area (Å²) < 4.78 is 11.4. The molecule has 0 saturated carbocycles. The molecule has 8 nitrogen and oxygen atoms in total. The zero-order chi connectivity index (χ0) is 22.7. The molecule has 1 atom stereocenters. The van der Waals surface area contributed by atoms with Crippen molar-refractivity contribution < 1.29 is 24.5 Å². The first-order valence-corrected chi connectivity index (χ1v) is 10.7. The molecule has 168 valence electrons. The van der Waals surface area contributed by atoms with Crippen LogP contribution < -0.4 is 9.47 Å². The first-order chi connectivity index (χ1) is 15.6. The van der Waals surface area contributed by atoms with E-state index in [0.717, 1.165) is 18.4 Å². The van der Waals surface area contributed by atoms with Crippen LogP contribution in [0.5, 0.6) is 17.2 Å². The predicted molar refractivity (Wildman–Crippen MR) is 119 cm³/mol. The van der Waals surface area contributed by atoms with E-state index in [1.165, 1.54) is 0 Å². The third-order valence-corrected chi connectivity index (χ3v) is 5.62. The number of carbonyl (C=O) groups is 1. The molecule has 0 aliphatic carbocycles. The second kappa shape index (κ2) is 9.32. The van der Waals surface area contributed by atoms with Gasteiger partial charge in [0.25, 0.3) is 5.91 Å². The number of unbranched alkanes of at least 4 members (excludes halogenated alkanes) is 1. The molecule has 2 aromatic carbocycles. The Morgan fingerprint density at radius 3 is 2.72 bits per heavy atom. The Kier molecular flexibility index (Phi) is 6.32. The average molecular weight is 437 g/mol. The number of aromatic hydroxyl groups is 1. The van der Waals surface area contributed by atoms with Crippen molar-refractivity contribution in [3.63, 3.8) is 0 Å². The van der Waals surface area contributed by atoms with Crippen LogP contribution in [0.4, 0.5) is 0 Å². The van der Waals surface area contributed by atoms with E-state index in [9.17, 15) is 15.0 Å². The van der Waals surface area contributed by atoms with E-state index in [4.69, 9.17) is 9.47 Å². The first-order valence-electron chi connectivity index (χ1n) is 10.7. The van der Waals surface area contributed by atoms with Gasteiger partial charge in [0.15, 0.2) is 11.5 Å². The SMILES string of the molecule is CCCCOc1ccc([C@@H]2c3c(-c4ccccc4O)n[nH]c3C(=O)N2CCO)cc1OC. The number of hydrogen-bond acceptors (Lipinski definition) is 6. The summed E-state index contributed by atoms with van der Waals surface area (Å²) in [6.45, 7) is 2.67. The topological polar surface area (TPSA) is 108 Å². The predicted octanol–water partition coefficient (Wildman–Crippen LogP) is 3.51. The summed E-state index contributed by atoms with van der Waals surface area (Å²) in [7, 11) is 1.58. The molecule has 0 fully saturated rings. The van der Waals surface area contributed by atoms with Crippen molar-refractivity contribution in [2.75, 3.05) is 26.9 Å². The molecule has 3 aromatic rings. The molecule has 3 N–H and O–H groups in total. The fourth-order valence-corrected chi connectivity index (χ4v) is 4.06. The van der Waals surface area contributed by atoms with Gasteiger partial charge in [-0.2, -0.15) is 5.10 Å². The summed E-state index contributed by atoms with van der Waals surface area (Å²) in [5, 5.41) is 27.2. The number of fused-ring (bicyclic) bond motifs is 1. The van der Waals surface area contributed by atoms with E-state index >= 15 is 0 Å². The highest BCUT2D eigenvalue weighted by atomic mass is 16.5. The summed E-state index contributed by atoms with van der Waals surface area (Å²) in [6.07, 6.45) is 1.97. The van der Waals surface area contributed by atoms with Crippen LogP contribution in [0.15, 0.2) is 42.5 Å². The highest BCUT2D eigenvalue weighted by molar-refractivity contribution is 6.00. The number of phenols is 1. The fraction of sp³-hybridized carbons (Fsp3) is 0.333. The minimum atomic E-state index is -0.503. The van der Waals surface area contributed by atoms with Gasteiger partial charge in [0.05, 0.1) is 26.4 Å². The molecule has 0 radical (unpaired) electrons. The lowest BCUT2D eigenvalue weighted by atomic mass is 9.95. The highest BCUT2D eigenvalue weighted by Gasteiger charge is 2.42. The average Bonchev–Trinajstić information content (AvgIpc) is 3.34. The molecule has 1 amide bonds. The summed E-state index contributed by atoms with van der Waals surface area (Å²) in [6, 6.07) is 11.9. The monoisotopic (exact) mass is 437 g/mol. The van der Waals surface area contributed by atoms with Crippen molar-refractivity contribution >= 4 is 5.91 Å². The van der Waals surface area contributed by atoms with Gasteiger partial charge in [-0.25, -0.2) is 0 Å². The van der Waals surface area contributed by atoms with Gasteiger partial charge in [0, 0.05) is 17.7 Å². The molecule has 32 heavy (non-hydrogen) atoms. The van der Waals surface area contributed by atoms with Crippen molar-refractivity contribution in [2.45, 2.75) is 25.8 Å². The zero-order valence-electron chi connectivity index (χ0n) is 18.2. The number of carbonyl (C=O) groups excluding carboxylic acids is 1. The minimum absolute atomic E-state index is 0.0749. The fourth-order valence-electron chi connectivity index (χ4n) is 4.06. The Labute approximate surface area is 186 Å². The lowest BCUT2D eigenvalue weighted by Crippen LogP contribution is -2.32.